The van der Waals surface area contributed by atoms with E-state index in [0.29, 0.717) is 17.4 Å². The van der Waals surface area contributed by atoms with Gasteiger partial charge in [0.15, 0.2) is 10.9 Å². The number of aromatic amines is 1. The molecule has 1 N–H and O–H groups in total. The van der Waals surface area contributed by atoms with Crippen LogP contribution in [0.15, 0.2) is 53.7 Å². The van der Waals surface area contributed by atoms with Crippen molar-refractivity contribution in [2.45, 2.75) is 43.2 Å². The number of ketones is 1. The first-order chi connectivity index (χ1) is 13.8. The second-order valence-corrected chi connectivity index (χ2v) is 8.38. The van der Waals surface area contributed by atoms with Crippen LogP contribution in [0, 0.1) is 0 Å². The van der Waals surface area contributed by atoms with Gasteiger partial charge in [-0.25, -0.2) is 10.1 Å². The van der Waals surface area contributed by atoms with Crippen molar-refractivity contribution in [2.24, 2.45) is 0 Å². The summed E-state index contributed by atoms with van der Waals surface area (Å²) in [5, 5.41) is 8.05. The summed E-state index contributed by atoms with van der Waals surface area (Å²) in [6.45, 7) is 0. The first-order valence-electron chi connectivity index (χ1n) is 9.87. The highest BCUT2D eigenvalue weighted by molar-refractivity contribution is 7.99. The summed E-state index contributed by atoms with van der Waals surface area (Å²) in [5.74, 6) is 1.85. The Balaban J connectivity index is 1.30. The summed E-state index contributed by atoms with van der Waals surface area (Å²) in [6, 6.07) is 16.2. The number of carbonyl (C=O) groups is 1. The molecule has 0 bridgehead atoms. The van der Waals surface area contributed by atoms with E-state index in [0.717, 1.165) is 21.8 Å². The van der Waals surface area contributed by atoms with Gasteiger partial charge in [0, 0.05) is 5.56 Å². The molecule has 1 fully saturated rings. The molecular weight excluding hydrogens is 368 g/mol. The number of aromatic nitrogens is 4. The summed E-state index contributed by atoms with van der Waals surface area (Å²) < 4.78 is 1.97. The van der Waals surface area contributed by atoms with Crippen LogP contribution in [0.5, 0.6) is 0 Å². The quantitative estimate of drug-likeness (QED) is 0.374. The molecule has 1 saturated carbocycles. The van der Waals surface area contributed by atoms with Crippen molar-refractivity contribution in [3.05, 3.63) is 59.7 Å². The summed E-state index contributed by atoms with van der Waals surface area (Å²) in [4.78, 5) is 17.2. The third kappa shape index (κ3) is 3.22. The molecule has 0 saturated heterocycles. The highest BCUT2D eigenvalue weighted by atomic mass is 32.2. The van der Waals surface area contributed by atoms with Gasteiger partial charge in [-0.2, -0.15) is 0 Å². The van der Waals surface area contributed by atoms with E-state index in [2.05, 4.69) is 27.3 Å². The summed E-state index contributed by atoms with van der Waals surface area (Å²) in [5.41, 5.74) is 4.07. The van der Waals surface area contributed by atoms with Gasteiger partial charge >= 0.3 is 0 Å². The SMILES string of the molecule is O=C(CSc1n[nH]c2nc3ccccc3n12)c1ccc(C2CCCCC2)cc1. The van der Waals surface area contributed by atoms with Crippen molar-refractivity contribution < 1.29 is 4.79 Å². The molecule has 0 amide bonds. The standard InChI is InChI=1S/C22H22N4OS/c27-20(17-12-10-16(11-13-17)15-6-2-1-3-7-15)14-28-22-25-24-21-23-18-8-4-5-9-19(18)26(21)22/h4-5,8-13,15H,1-3,6-7,14H2,(H,23,24). The number of fused-ring (bicyclic) bond motifs is 3. The van der Waals surface area contributed by atoms with Crippen LogP contribution in [0.2, 0.25) is 0 Å². The zero-order valence-electron chi connectivity index (χ0n) is 15.6. The molecule has 2 aromatic carbocycles. The number of nitrogens with one attached hydrogen (secondary N) is 1. The summed E-state index contributed by atoms with van der Waals surface area (Å²) in [7, 11) is 0. The monoisotopic (exact) mass is 390 g/mol. The minimum Gasteiger partial charge on any atom is -0.293 e. The van der Waals surface area contributed by atoms with Crippen LogP contribution in [0.1, 0.15) is 53.9 Å². The zero-order valence-corrected chi connectivity index (χ0v) is 16.4. The van der Waals surface area contributed by atoms with E-state index in [1.807, 2.05) is 40.8 Å². The van der Waals surface area contributed by atoms with Crippen molar-refractivity contribution in [1.82, 2.24) is 19.6 Å². The Morgan fingerprint density at radius 2 is 1.86 bits per heavy atom. The van der Waals surface area contributed by atoms with Gasteiger partial charge in [0.05, 0.1) is 16.8 Å². The number of hydrogen-bond acceptors (Lipinski definition) is 4. The van der Waals surface area contributed by atoms with E-state index in [-0.39, 0.29) is 5.78 Å². The van der Waals surface area contributed by atoms with E-state index in [4.69, 9.17) is 0 Å². The van der Waals surface area contributed by atoms with E-state index in [9.17, 15) is 4.79 Å². The number of carbonyl (C=O) groups excluding carboxylic acids is 1. The zero-order chi connectivity index (χ0) is 18.9. The molecule has 0 aliphatic heterocycles. The fourth-order valence-electron chi connectivity index (χ4n) is 4.13. The fourth-order valence-corrected chi connectivity index (χ4v) is 4.98. The second kappa shape index (κ2) is 7.43. The van der Waals surface area contributed by atoms with Crippen molar-refractivity contribution in [3.63, 3.8) is 0 Å². The minimum atomic E-state index is 0.126. The topological polar surface area (TPSA) is 63.0 Å². The number of para-hydroxylation sites is 2. The Hall–Kier alpha value is -2.60. The number of imidazole rings is 1. The van der Waals surface area contributed by atoms with E-state index in [1.165, 1.54) is 49.4 Å². The molecule has 28 heavy (non-hydrogen) atoms. The Morgan fingerprint density at radius 1 is 1.07 bits per heavy atom. The first kappa shape index (κ1) is 17.5. The fraction of sp³-hybridized carbons (Fsp3) is 0.318. The lowest BCUT2D eigenvalue weighted by Crippen LogP contribution is -2.06. The molecule has 5 rings (SSSR count). The van der Waals surface area contributed by atoms with Gasteiger partial charge in [-0.15, -0.1) is 5.10 Å². The molecule has 1 aliphatic carbocycles. The lowest BCUT2D eigenvalue weighted by molar-refractivity contribution is 0.102. The van der Waals surface area contributed by atoms with Crippen molar-refractivity contribution in [2.75, 3.05) is 5.75 Å². The van der Waals surface area contributed by atoms with Crippen LogP contribution in [-0.4, -0.2) is 31.1 Å². The average molecular weight is 391 g/mol. The largest absolute Gasteiger partial charge is 0.293 e. The molecule has 0 spiro atoms. The van der Waals surface area contributed by atoms with Gasteiger partial charge < -0.3 is 0 Å². The van der Waals surface area contributed by atoms with Gasteiger partial charge in [-0.1, -0.05) is 67.4 Å². The predicted molar refractivity (Wildman–Crippen MR) is 112 cm³/mol. The molecule has 142 valence electrons. The number of nitrogens with zero attached hydrogens (tertiary/aromatic N) is 3. The van der Waals surface area contributed by atoms with Crippen LogP contribution in [0.3, 0.4) is 0 Å². The van der Waals surface area contributed by atoms with E-state index >= 15 is 0 Å². The lowest BCUT2D eigenvalue weighted by Gasteiger charge is -2.22. The van der Waals surface area contributed by atoms with Crippen LogP contribution < -0.4 is 0 Å². The normalized spacial score (nSPS) is 15.4. The molecule has 2 aromatic heterocycles. The van der Waals surface area contributed by atoms with Crippen LogP contribution in [0.4, 0.5) is 0 Å². The maximum Gasteiger partial charge on any atom is 0.231 e. The molecule has 4 aromatic rings. The number of thioether (sulfide) groups is 1. The van der Waals surface area contributed by atoms with Gasteiger partial charge in [0.2, 0.25) is 5.78 Å². The Kier molecular flexibility index (Phi) is 4.64. The number of hydrogen-bond donors (Lipinski definition) is 1. The Labute approximate surface area is 167 Å². The summed E-state index contributed by atoms with van der Waals surface area (Å²) in [6.07, 6.45) is 6.55. The molecule has 0 radical (unpaired) electrons. The molecule has 5 nitrogen and oxygen atoms in total. The highest BCUT2D eigenvalue weighted by Crippen LogP contribution is 2.32. The van der Waals surface area contributed by atoms with Crippen LogP contribution in [0.25, 0.3) is 16.8 Å². The van der Waals surface area contributed by atoms with Gasteiger partial charge in [0.25, 0.3) is 0 Å². The van der Waals surface area contributed by atoms with E-state index < -0.39 is 0 Å². The Morgan fingerprint density at radius 3 is 2.68 bits per heavy atom. The first-order valence-corrected chi connectivity index (χ1v) is 10.9. The van der Waals surface area contributed by atoms with Crippen molar-refractivity contribution >= 4 is 34.4 Å². The number of Topliss-reactive ketones (excluding diaryl/α,β-unsaturated/α-hetero) is 1. The minimum absolute atomic E-state index is 0.126. The maximum absolute atomic E-state index is 12.7. The Bertz CT molecular complexity index is 1120. The molecule has 6 heteroatoms. The number of H-pyrrole nitrogens is 1. The van der Waals surface area contributed by atoms with Crippen molar-refractivity contribution in [1.29, 1.82) is 0 Å². The molecular formula is C22H22N4OS. The lowest BCUT2D eigenvalue weighted by atomic mass is 9.84. The third-order valence-electron chi connectivity index (χ3n) is 5.65. The molecule has 2 heterocycles. The summed E-state index contributed by atoms with van der Waals surface area (Å²) >= 11 is 1.44. The van der Waals surface area contributed by atoms with Gasteiger partial charge in [0.1, 0.15) is 0 Å². The highest BCUT2D eigenvalue weighted by Gasteiger charge is 2.17. The van der Waals surface area contributed by atoms with Gasteiger partial charge in [-0.05, 0) is 36.5 Å². The molecule has 0 atom stereocenters. The number of rotatable bonds is 5. The third-order valence-corrected chi connectivity index (χ3v) is 6.58. The number of benzene rings is 2. The van der Waals surface area contributed by atoms with Gasteiger partial charge in [-0.3, -0.25) is 9.20 Å². The van der Waals surface area contributed by atoms with Crippen LogP contribution in [-0.2, 0) is 0 Å². The predicted octanol–water partition coefficient (Wildman–Crippen LogP) is 5.23. The maximum atomic E-state index is 12.7. The van der Waals surface area contributed by atoms with Crippen molar-refractivity contribution in [3.8, 4) is 0 Å². The molecule has 0 unspecified atom stereocenters. The average Bonchev–Trinajstić information content (AvgIpc) is 3.32. The van der Waals surface area contributed by atoms with Crippen LogP contribution >= 0.6 is 11.8 Å². The second-order valence-electron chi connectivity index (χ2n) is 7.43. The van der Waals surface area contributed by atoms with E-state index in [1.54, 1.807) is 0 Å². The smallest absolute Gasteiger partial charge is 0.231 e. The molecule has 1 aliphatic rings.